The predicted molar refractivity (Wildman–Crippen MR) is 80.3 cm³/mol. The number of Topliss-reactive ketones (excluding diaryl/α,β-unsaturated/α-hetero) is 1. The summed E-state index contributed by atoms with van der Waals surface area (Å²) >= 11 is 0. The number of aryl methyl sites for hydroxylation is 1. The Kier molecular flexibility index (Phi) is 3.78. The summed E-state index contributed by atoms with van der Waals surface area (Å²) in [5, 5.41) is 1.79. The molecule has 1 unspecified atom stereocenters. The highest BCUT2D eigenvalue weighted by Gasteiger charge is 2.56. The van der Waals surface area contributed by atoms with Crippen molar-refractivity contribution in [2.45, 2.75) is 38.2 Å². The van der Waals surface area contributed by atoms with E-state index >= 15 is 0 Å². The van der Waals surface area contributed by atoms with Crippen LogP contribution < -0.4 is 0 Å². The lowest BCUT2D eigenvalue weighted by Gasteiger charge is -2.35. The molecule has 118 valence electrons. The zero-order valence-corrected chi connectivity index (χ0v) is 13.2. The Balaban J connectivity index is 1.91. The molecule has 0 amide bonds. The van der Waals surface area contributed by atoms with E-state index in [4.69, 9.17) is 9.57 Å². The average Bonchev–Trinajstić information content (AvgIpc) is 2.74. The van der Waals surface area contributed by atoms with Crippen LogP contribution >= 0.6 is 0 Å². The molecule has 5 heteroatoms. The first-order chi connectivity index (χ1) is 10.5. The second-order valence-electron chi connectivity index (χ2n) is 6.11. The van der Waals surface area contributed by atoms with Crippen LogP contribution in [0.2, 0.25) is 0 Å². The van der Waals surface area contributed by atoms with Gasteiger partial charge in [0.2, 0.25) is 0 Å². The van der Waals surface area contributed by atoms with Crippen molar-refractivity contribution in [3.63, 3.8) is 0 Å². The van der Waals surface area contributed by atoms with Gasteiger partial charge in [0, 0.05) is 25.9 Å². The first-order valence-corrected chi connectivity index (χ1v) is 7.61. The predicted octanol–water partition coefficient (Wildman–Crippen LogP) is 1.91. The van der Waals surface area contributed by atoms with Gasteiger partial charge in [-0.2, -0.15) is 5.06 Å². The molecule has 22 heavy (non-hydrogen) atoms. The van der Waals surface area contributed by atoms with Crippen molar-refractivity contribution in [2.24, 2.45) is 0 Å². The molecule has 5 nitrogen and oxygen atoms in total. The Bertz CT molecular complexity index is 617. The number of hydrogen-bond donors (Lipinski definition) is 0. The van der Waals surface area contributed by atoms with Crippen LogP contribution in [0.1, 0.15) is 35.4 Å². The molecule has 0 saturated carbocycles. The zero-order valence-electron chi connectivity index (χ0n) is 13.2. The molecule has 3 rings (SSSR count). The van der Waals surface area contributed by atoms with Gasteiger partial charge in [-0.05, 0) is 30.5 Å². The van der Waals surface area contributed by atoms with Gasteiger partial charge in [0.1, 0.15) is 5.92 Å². The molecule has 2 heterocycles. The molecule has 0 radical (unpaired) electrons. The molecule has 2 aliphatic heterocycles. The monoisotopic (exact) mass is 303 g/mol. The standard InChI is InChI=1S/C17H21NO4/c1-11-5-4-6-13(12(11)2)14-15(19)17(22-16(14)20)7-9-18(21-3)10-8-17/h4-6,14H,7-10H2,1-3H3. The van der Waals surface area contributed by atoms with Crippen LogP contribution in [0.25, 0.3) is 0 Å². The lowest BCUT2D eigenvalue weighted by atomic mass is 9.80. The highest BCUT2D eigenvalue weighted by Crippen LogP contribution is 2.41. The third-order valence-electron chi connectivity index (χ3n) is 4.99. The summed E-state index contributed by atoms with van der Waals surface area (Å²) in [6.07, 6.45) is 0.986. The smallest absolute Gasteiger partial charge is 0.322 e. The SMILES string of the molecule is CON1CCC2(CC1)OC(=O)C(c1cccc(C)c1C)C2=O. The average molecular weight is 303 g/mol. The van der Waals surface area contributed by atoms with E-state index in [1.807, 2.05) is 32.0 Å². The van der Waals surface area contributed by atoms with Crippen LogP contribution in [0.15, 0.2) is 18.2 Å². The van der Waals surface area contributed by atoms with Crippen molar-refractivity contribution < 1.29 is 19.2 Å². The number of ether oxygens (including phenoxy) is 1. The van der Waals surface area contributed by atoms with E-state index in [0.29, 0.717) is 25.9 Å². The van der Waals surface area contributed by atoms with Gasteiger partial charge in [0.15, 0.2) is 11.4 Å². The normalized spacial score (nSPS) is 24.8. The number of nitrogens with zero attached hydrogens (tertiary/aromatic N) is 1. The number of hydrogen-bond acceptors (Lipinski definition) is 5. The molecule has 0 aromatic heterocycles. The molecule has 2 aliphatic rings. The van der Waals surface area contributed by atoms with Crippen LogP contribution in [-0.4, -0.2) is 42.6 Å². The van der Waals surface area contributed by atoms with Crippen LogP contribution in [0.4, 0.5) is 0 Å². The number of piperidine rings is 1. The molecule has 1 aromatic rings. The van der Waals surface area contributed by atoms with Gasteiger partial charge in [-0.25, -0.2) is 0 Å². The lowest BCUT2D eigenvalue weighted by Crippen LogP contribution is -2.48. The van der Waals surface area contributed by atoms with Gasteiger partial charge < -0.3 is 9.57 Å². The number of ketones is 1. The van der Waals surface area contributed by atoms with Crippen molar-refractivity contribution in [1.29, 1.82) is 0 Å². The van der Waals surface area contributed by atoms with Gasteiger partial charge in [-0.1, -0.05) is 18.2 Å². The fourth-order valence-electron chi connectivity index (χ4n) is 3.41. The van der Waals surface area contributed by atoms with E-state index in [-0.39, 0.29) is 5.78 Å². The first-order valence-electron chi connectivity index (χ1n) is 7.61. The molecule has 0 N–H and O–H groups in total. The number of hydroxylamine groups is 2. The van der Waals surface area contributed by atoms with Gasteiger partial charge >= 0.3 is 5.97 Å². The largest absolute Gasteiger partial charge is 0.450 e. The summed E-state index contributed by atoms with van der Waals surface area (Å²) in [5.74, 6) is -1.29. The molecule has 0 bridgehead atoms. The van der Waals surface area contributed by atoms with E-state index in [0.717, 1.165) is 16.7 Å². The van der Waals surface area contributed by atoms with E-state index in [9.17, 15) is 9.59 Å². The molecule has 1 spiro atoms. The minimum atomic E-state index is -0.965. The Morgan fingerprint density at radius 1 is 1.23 bits per heavy atom. The maximum atomic E-state index is 12.9. The van der Waals surface area contributed by atoms with Crippen LogP contribution in [0.3, 0.4) is 0 Å². The van der Waals surface area contributed by atoms with Crippen LogP contribution in [0.5, 0.6) is 0 Å². The Labute approximate surface area is 130 Å². The van der Waals surface area contributed by atoms with Gasteiger partial charge in [0.25, 0.3) is 0 Å². The third kappa shape index (κ3) is 2.25. The summed E-state index contributed by atoms with van der Waals surface area (Å²) in [5.41, 5.74) is 1.88. The van der Waals surface area contributed by atoms with Gasteiger partial charge in [-0.15, -0.1) is 0 Å². The second-order valence-corrected chi connectivity index (χ2v) is 6.11. The summed E-state index contributed by atoms with van der Waals surface area (Å²) in [6.45, 7) is 5.12. The number of esters is 1. The Hall–Kier alpha value is -1.72. The minimum Gasteiger partial charge on any atom is -0.450 e. The van der Waals surface area contributed by atoms with E-state index < -0.39 is 17.5 Å². The number of rotatable bonds is 2. The van der Waals surface area contributed by atoms with Crippen molar-refractivity contribution in [3.05, 3.63) is 34.9 Å². The quantitative estimate of drug-likeness (QED) is 0.617. The summed E-state index contributed by atoms with van der Waals surface area (Å²) in [7, 11) is 1.61. The molecule has 0 aliphatic carbocycles. The van der Waals surface area contributed by atoms with Gasteiger partial charge in [0.05, 0.1) is 7.11 Å². The third-order valence-corrected chi connectivity index (χ3v) is 4.99. The molecule has 2 fully saturated rings. The van der Waals surface area contributed by atoms with Crippen molar-refractivity contribution in [2.75, 3.05) is 20.2 Å². The molecule has 1 atom stereocenters. The molecule has 2 saturated heterocycles. The van der Waals surface area contributed by atoms with Crippen LogP contribution in [-0.2, 0) is 19.2 Å². The number of carbonyl (C=O) groups excluding carboxylic acids is 2. The van der Waals surface area contributed by atoms with Crippen molar-refractivity contribution >= 4 is 11.8 Å². The van der Waals surface area contributed by atoms with E-state index in [1.54, 1.807) is 12.2 Å². The molecule has 1 aromatic carbocycles. The first kappa shape index (κ1) is 15.2. The summed E-state index contributed by atoms with van der Waals surface area (Å²) in [4.78, 5) is 30.5. The summed E-state index contributed by atoms with van der Waals surface area (Å²) < 4.78 is 5.59. The fraction of sp³-hybridized carbons (Fsp3) is 0.529. The van der Waals surface area contributed by atoms with Gasteiger partial charge in [-0.3, -0.25) is 9.59 Å². The molecular weight excluding hydrogens is 282 g/mol. The highest BCUT2D eigenvalue weighted by atomic mass is 16.7. The number of carbonyl (C=O) groups is 2. The maximum absolute atomic E-state index is 12.9. The zero-order chi connectivity index (χ0) is 15.9. The lowest BCUT2D eigenvalue weighted by molar-refractivity contribution is -0.184. The Morgan fingerprint density at radius 3 is 2.55 bits per heavy atom. The Morgan fingerprint density at radius 2 is 1.91 bits per heavy atom. The summed E-state index contributed by atoms with van der Waals surface area (Å²) in [6, 6.07) is 5.72. The van der Waals surface area contributed by atoms with E-state index in [1.165, 1.54) is 0 Å². The topological polar surface area (TPSA) is 55.8 Å². The van der Waals surface area contributed by atoms with E-state index in [2.05, 4.69) is 0 Å². The van der Waals surface area contributed by atoms with Crippen molar-refractivity contribution in [1.82, 2.24) is 5.06 Å². The van der Waals surface area contributed by atoms with Crippen molar-refractivity contribution in [3.8, 4) is 0 Å². The fourth-order valence-corrected chi connectivity index (χ4v) is 3.41. The number of benzene rings is 1. The second kappa shape index (κ2) is 5.48. The maximum Gasteiger partial charge on any atom is 0.322 e. The van der Waals surface area contributed by atoms with Crippen LogP contribution in [0, 0.1) is 13.8 Å². The highest BCUT2D eigenvalue weighted by molar-refractivity contribution is 6.13. The molecular formula is C17H21NO4. The minimum absolute atomic E-state index is 0.0954.